The molecule has 1 aliphatic heterocycles. The molecule has 3 heteroatoms. The topological polar surface area (TPSA) is 29.3 Å². The minimum atomic E-state index is 0. The zero-order valence-electron chi connectivity index (χ0n) is 10.0. The van der Waals surface area contributed by atoms with E-state index in [-0.39, 0.29) is 12.4 Å². The van der Waals surface area contributed by atoms with Crippen LogP contribution in [0, 0.1) is 6.92 Å². The normalized spacial score (nSPS) is 22.8. The molecule has 2 atom stereocenters. The number of aryl methyl sites for hydroxylation is 1. The summed E-state index contributed by atoms with van der Waals surface area (Å²) < 4.78 is 0. The van der Waals surface area contributed by atoms with Crippen molar-refractivity contribution in [3.05, 3.63) is 35.4 Å². The van der Waals surface area contributed by atoms with Crippen molar-refractivity contribution in [1.29, 1.82) is 0 Å². The second-order valence-electron chi connectivity index (χ2n) is 4.63. The van der Waals surface area contributed by atoms with Crippen molar-refractivity contribution >= 4 is 12.4 Å². The van der Waals surface area contributed by atoms with E-state index in [9.17, 15) is 0 Å². The molecular formula is C13H21ClN2. The predicted octanol–water partition coefficient (Wildman–Crippen LogP) is 2.51. The lowest BCUT2D eigenvalue weighted by molar-refractivity contribution is 0.260. The number of nitrogens with zero attached hydrogens (tertiary/aromatic N) is 1. The summed E-state index contributed by atoms with van der Waals surface area (Å²) in [6.07, 6.45) is 1.14. The van der Waals surface area contributed by atoms with Crippen LogP contribution in [0.5, 0.6) is 0 Å². The Morgan fingerprint density at radius 3 is 2.75 bits per heavy atom. The van der Waals surface area contributed by atoms with Gasteiger partial charge in [0.1, 0.15) is 0 Å². The maximum absolute atomic E-state index is 5.93. The zero-order valence-corrected chi connectivity index (χ0v) is 10.8. The van der Waals surface area contributed by atoms with E-state index in [1.807, 2.05) is 0 Å². The first-order chi connectivity index (χ1) is 7.16. The smallest absolute Gasteiger partial charge is 0.0320 e. The quantitative estimate of drug-likeness (QED) is 0.861. The number of rotatable bonds is 2. The first kappa shape index (κ1) is 13.5. The minimum Gasteiger partial charge on any atom is -0.326 e. The highest BCUT2D eigenvalue weighted by atomic mass is 35.5. The molecule has 1 heterocycles. The summed E-state index contributed by atoms with van der Waals surface area (Å²) in [5.41, 5.74) is 8.67. The van der Waals surface area contributed by atoms with Gasteiger partial charge in [0, 0.05) is 25.2 Å². The largest absolute Gasteiger partial charge is 0.326 e. The highest BCUT2D eigenvalue weighted by Crippen LogP contribution is 2.24. The molecule has 0 aromatic heterocycles. The lowest BCUT2D eigenvalue weighted by atomic mass is 10.0. The SMILES string of the molecule is Cc1cccc(C(C)N2CC[C@H](N)C2)c1.Cl. The van der Waals surface area contributed by atoms with Crippen molar-refractivity contribution in [3.8, 4) is 0 Å². The Hall–Kier alpha value is -0.570. The third kappa shape index (κ3) is 2.97. The monoisotopic (exact) mass is 240 g/mol. The van der Waals surface area contributed by atoms with Gasteiger partial charge in [-0.05, 0) is 25.8 Å². The van der Waals surface area contributed by atoms with E-state index in [0.717, 1.165) is 19.5 Å². The van der Waals surface area contributed by atoms with Gasteiger partial charge in [-0.15, -0.1) is 12.4 Å². The molecule has 1 unspecified atom stereocenters. The van der Waals surface area contributed by atoms with Crippen LogP contribution in [-0.4, -0.2) is 24.0 Å². The molecule has 0 radical (unpaired) electrons. The van der Waals surface area contributed by atoms with Gasteiger partial charge >= 0.3 is 0 Å². The Kier molecular flexibility index (Phi) is 4.78. The van der Waals surface area contributed by atoms with Gasteiger partial charge in [0.15, 0.2) is 0 Å². The fourth-order valence-electron chi connectivity index (χ4n) is 2.31. The van der Waals surface area contributed by atoms with Crippen LogP contribution in [0.4, 0.5) is 0 Å². The van der Waals surface area contributed by atoms with Crippen LogP contribution in [0.3, 0.4) is 0 Å². The fraction of sp³-hybridized carbons (Fsp3) is 0.538. The van der Waals surface area contributed by atoms with Gasteiger partial charge in [0.2, 0.25) is 0 Å². The lowest BCUT2D eigenvalue weighted by Gasteiger charge is -2.24. The second-order valence-corrected chi connectivity index (χ2v) is 4.63. The molecule has 1 fully saturated rings. The van der Waals surface area contributed by atoms with E-state index in [2.05, 4.69) is 43.0 Å². The van der Waals surface area contributed by atoms with E-state index in [0.29, 0.717) is 12.1 Å². The van der Waals surface area contributed by atoms with Crippen LogP contribution < -0.4 is 5.73 Å². The van der Waals surface area contributed by atoms with Crippen molar-refractivity contribution in [2.45, 2.75) is 32.4 Å². The second kappa shape index (κ2) is 5.67. The van der Waals surface area contributed by atoms with Crippen molar-refractivity contribution in [2.75, 3.05) is 13.1 Å². The van der Waals surface area contributed by atoms with E-state index >= 15 is 0 Å². The van der Waals surface area contributed by atoms with Crippen LogP contribution in [-0.2, 0) is 0 Å². The standard InChI is InChI=1S/C13H20N2.ClH/c1-10-4-3-5-12(8-10)11(2)15-7-6-13(14)9-15;/h3-5,8,11,13H,6-7,9,14H2,1-2H3;1H/t11?,13-;/m0./s1. The Bertz CT molecular complexity index is 340. The van der Waals surface area contributed by atoms with Crippen molar-refractivity contribution in [2.24, 2.45) is 5.73 Å². The van der Waals surface area contributed by atoms with Gasteiger partial charge in [0.05, 0.1) is 0 Å². The fourth-order valence-corrected chi connectivity index (χ4v) is 2.31. The average molecular weight is 241 g/mol. The van der Waals surface area contributed by atoms with Crippen LogP contribution in [0.15, 0.2) is 24.3 Å². The lowest BCUT2D eigenvalue weighted by Crippen LogP contribution is -2.28. The van der Waals surface area contributed by atoms with Gasteiger partial charge in [-0.2, -0.15) is 0 Å². The van der Waals surface area contributed by atoms with Crippen molar-refractivity contribution < 1.29 is 0 Å². The van der Waals surface area contributed by atoms with Crippen LogP contribution in [0.1, 0.15) is 30.5 Å². The Morgan fingerprint density at radius 1 is 1.44 bits per heavy atom. The molecule has 0 aliphatic carbocycles. The van der Waals surface area contributed by atoms with E-state index in [4.69, 9.17) is 5.73 Å². The molecule has 2 rings (SSSR count). The van der Waals surface area contributed by atoms with Crippen LogP contribution in [0.25, 0.3) is 0 Å². The number of likely N-dealkylation sites (tertiary alicyclic amines) is 1. The summed E-state index contributed by atoms with van der Waals surface area (Å²) in [4.78, 5) is 2.47. The summed E-state index contributed by atoms with van der Waals surface area (Å²) in [5.74, 6) is 0. The molecule has 16 heavy (non-hydrogen) atoms. The molecule has 0 amide bonds. The predicted molar refractivity (Wildman–Crippen MR) is 71.0 cm³/mol. The molecule has 1 aliphatic rings. The minimum absolute atomic E-state index is 0. The molecule has 1 saturated heterocycles. The molecule has 0 bridgehead atoms. The molecular weight excluding hydrogens is 220 g/mol. The average Bonchev–Trinajstić information content (AvgIpc) is 2.64. The Balaban J connectivity index is 0.00000128. The molecule has 0 spiro atoms. The third-order valence-electron chi connectivity index (χ3n) is 3.33. The van der Waals surface area contributed by atoms with E-state index < -0.39 is 0 Å². The summed E-state index contributed by atoms with van der Waals surface area (Å²) in [5, 5.41) is 0. The first-order valence-corrected chi connectivity index (χ1v) is 5.73. The van der Waals surface area contributed by atoms with Gasteiger partial charge < -0.3 is 5.73 Å². The molecule has 0 saturated carbocycles. The van der Waals surface area contributed by atoms with Crippen LogP contribution >= 0.6 is 12.4 Å². The van der Waals surface area contributed by atoms with Crippen molar-refractivity contribution in [1.82, 2.24) is 4.90 Å². The number of benzene rings is 1. The van der Waals surface area contributed by atoms with Crippen molar-refractivity contribution in [3.63, 3.8) is 0 Å². The van der Waals surface area contributed by atoms with Gasteiger partial charge in [-0.1, -0.05) is 29.8 Å². The number of hydrogen-bond acceptors (Lipinski definition) is 2. The Morgan fingerprint density at radius 2 is 2.19 bits per heavy atom. The van der Waals surface area contributed by atoms with E-state index in [1.165, 1.54) is 11.1 Å². The molecule has 2 nitrogen and oxygen atoms in total. The molecule has 90 valence electrons. The number of nitrogens with two attached hydrogens (primary N) is 1. The first-order valence-electron chi connectivity index (χ1n) is 5.73. The summed E-state index contributed by atoms with van der Waals surface area (Å²) in [7, 11) is 0. The third-order valence-corrected chi connectivity index (χ3v) is 3.33. The highest BCUT2D eigenvalue weighted by molar-refractivity contribution is 5.85. The summed E-state index contributed by atoms with van der Waals surface area (Å²) in [6.45, 7) is 6.59. The highest BCUT2D eigenvalue weighted by Gasteiger charge is 2.24. The maximum Gasteiger partial charge on any atom is 0.0320 e. The molecule has 1 aromatic rings. The Labute approximate surface area is 104 Å². The van der Waals surface area contributed by atoms with E-state index in [1.54, 1.807) is 0 Å². The molecule has 1 aromatic carbocycles. The molecule has 2 N–H and O–H groups in total. The van der Waals surface area contributed by atoms with Gasteiger partial charge in [0.25, 0.3) is 0 Å². The zero-order chi connectivity index (χ0) is 10.8. The van der Waals surface area contributed by atoms with Gasteiger partial charge in [-0.25, -0.2) is 0 Å². The van der Waals surface area contributed by atoms with Gasteiger partial charge in [-0.3, -0.25) is 4.90 Å². The maximum atomic E-state index is 5.93. The summed E-state index contributed by atoms with van der Waals surface area (Å²) in [6, 6.07) is 9.63. The number of hydrogen-bond donors (Lipinski definition) is 1. The summed E-state index contributed by atoms with van der Waals surface area (Å²) >= 11 is 0. The van der Waals surface area contributed by atoms with Crippen LogP contribution in [0.2, 0.25) is 0 Å². The number of halogens is 1.